The average Bonchev–Trinajstić information content (AvgIpc) is 3.93. The molecule has 10 nitrogen and oxygen atoms in total. The van der Waals surface area contributed by atoms with Crippen molar-refractivity contribution in [2.75, 3.05) is 10.6 Å². The van der Waals surface area contributed by atoms with Gasteiger partial charge in [-0.2, -0.15) is 4.80 Å². The Balaban J connectivity index is -0.000000356. The minimum absolute atomic E-state index is 0.612. The zero-order valence-electron chi connectivity index (χ0n) is 37.6. The molecular weight excluding hydrogens is 922 g/mol. The van der Waals surface area contributed by atoms with Crippen LogP contribution in [-0.4, -0.2) is 40.4 Å². The van der Waals surface area contributed by atoms with Gasteiger partial charge in [0, 0.05) is 48.1 Å². The molecule has 0 amide bonds. The van der Waals surface area contributed by atoms with Crippen LogP contribution in [0.15, 0.2) is 97.1 Å². The Bertz CT molecular complexity index is 1700. The topological polar surface area (TPSA) is 111 Å². The fraction of sp³-hybridized carbons (Fsp3) is 0.409. The number of para-hydroxylation sites is 2. The van der Waals surface area contributed by atoms with Crippen LogP contribution in [0.5, 0.6) is 0 Å². The lowest BCUT2D eigenvalue weighted by Crippen LogP contribution is -1.98. The molecule has 0 fully saturated rings. The predicted molar refractivity (Wildman–Crippen MR) is 264 cm³/mol. The summed E-state index contributed by atoms with van der Waals surface area (Å²) in [5, 5.41) is 30.6. The Morgan fingerprint density at radius 3 is 1.18 bits per heavy atom. The van der Waals surface area contributed by atoms with E-state index in [1.54, 1.807) is 11.7 Å². The van der Waals surface area contributed by atoms with Gasteiger partial charge in [-0.1, -0.05) is 135 Å². The molecule has 2 heterocycles. The second-order valence-electron chi connectivity index (χ2n) is 8.58. The Hall–Kier alpha value is -3.92. The second-order valence-corrected chi connectivity index (χ2v) is 11.1. The molecular formula is C44H72I2N10. The molecule has 0 saturated carbocycles. The van der Waals surface area contributed by atoms with E-state index in [0.717, 1.165) is 39.7 Å². The molecule has 4 aromatic carbocycles. The van der Waals surface area contributed by atoms with Gasteiger partial charge in [0.15, 0.2) is 5.82 Å². The van der Waals surface area contributed by atoms with Crippen molar-refractivity contribution < 1.29 is 0 Å². The number of halogens is 2. The fourth-order valence-electron chi connectivity index (χ4n) is 3.80. The van der Waals surface area contributed by atoms with Crippen LogP contribution >= 0.6 is 45.2 Å². The van der Waals surface area contributed by atoms with Crippen molar-refractivity contribution in [3.8, 4) is 22.8 Å². The number of anilines is 4. The first-order valence-corrected chi connectivity index (χ1v) is 22.3. The predicted octanol–water partition coefficient (Wildman–Crippen LogP) is 14.7. The smallest absolute Gasteiger partial charge is 0.206 e. The molecule has 2 aromatic heterocycles. The lowest BCUT2D eigenvalue weighted by Gasteiger charge is -2.11. The Morgan fingerprint density at radius 2 is 0.821 bits per heavy atom. The molecule has 6 rings (SSSR count). The van der Waals surface area contributed by atoms with Crippen molar-refractivity contribution in [2.24, 2.45) is 14.1 Å². The maximum Gasteiger partial charge on any atom is 0.206 e. The number of benzene rings is 4. The molecule has 6 aromatic rings. The normalized spacial score (nSPS) is 8.36. The van der Waals surface area contributed by atoms with Crippen molar-refractivity contribution in [3.05, 3.63) is 104 Å². The summed E-state index contributed by atoms with van der Waals surface area (Å²) < 4.78 is 4.07. The van der Waals surface area contributed by atoms with E-state index in [1.807, 2.05) is 191 Å². The van der Waals surface area contributed by atoms with Gasteiger partial charge in [0.2, 0.25) is 5.82 Å². The highest BCUT2D eigenvalue weighted by Gasteiger charge is 2.11. The van der Waals surface area contributed by atoms with Gasteiger partial charge in [-0.05, 0) is 134 Å². The Morgan fingerprint density at radius 1 is 0.446 bits per heavy atom. The first-order chi connectivity index (χ1) is 27.5. The number of nitrogens with one attached hydrogen (secondary N) is 2. The van der Waals surface area contributed by atoms with Gasteiger partial charge in [0.1, 0.15) is 0 Å². The molecule has 312 valence electrons. The van der Waals surface area contributed by atoms with Crippen molar-refractivity contribution in [1.29, 1.82) is 0 Å². The molecule has 0 bridgehead atoms. The van der Waals surface area contributed by atoms with Gasteiger partial charge < -0.3 is 10.6 Å². The van der Waals surface area contributed by atoms with E-state index >= 15 is 0 Å². The van der Waals surface area contributed by atoms with Gasteiger partial charge >= 0.3 is 0 Å². The summed E-state index contributed by atoms with van der Waals surface area (Å²) >= 11 is 4.58. The van der Waals surface area contributed by atoms with Crippen LogP contribution in [-0.2, 0) is 14.1 Å². The first kappa shape index (κ1) is 58.8. The summed E-state index contributed by atoms with van der Waals surface area (Å²) in [4.78, 5) is 1.46. The third-order valence-corrected chi connectivity index (χ3v) is 7.15. The third kappa shape index (κ3) is 22.6. The quantitative estimate of drug-likeness (QED) is 0.159. The van der Waals surface area contributed by atoms with Gasteiger partial charge in [-0.25, -0.2) is 4.68 Å². The Labute approximate surface area is 368 Å². The van der Waals surface area contributed by atoms with Crippen molar-refractivity contribution >= 4 is 67.9 Å². The average molecular weight is 995 g/mol. The number of aryl methyl sites for hydroxylation is 2. The minimum atomic E-state index is 0.612. The molecule has 0 aliphatic heterocycles. The van der Waals surface area contributed by atoms with Crippen molar-refractivity contribution in [2.45, 2.75) is 111 Å². The number of hydrogen-bond acceptors (Lipinski definition) is 8. The van der Waals surface area contributed by atoms with E-state index < -0.39 is 0 Å². The van der Waals surface area contributed by atoms with Crippen LogP contribution < -0.4 is 10.6 Å². The van der Waals surface area contributed by atoms with Gasteiger partial charge in [-0.15, -0.1) is 15.3 Å². The van der Waals surface area contributed by atoms with Gasteiger partial charge in [0.05, 0.1) is 7.05 Å². The summed E-state index contributed by atoms with van der Waals surface area (Å²) in [7, 11) is 3.59. The summed E-state index contributed by atoms with van der Waals surface area (Å²) in [6, 6.07) is 32.3. The standard InChI is InChI=1S/2C14H12IN5.8C2H6/c1-20-14(17-18-19-20)12-4-2-3-5-13(12)16-11-8-6-10(15)7-9-11;1-20-18-14(17-19-20)12-4-2-3-5-13(12)16-11-8-6-10(15)7-9-11;8*1-2/h2*2-9,16H,1H3;8*1-2H3. The molecule has 0 unspecified atom stereocenters. The molecule has 0 spiro atoms. The summed E-state index contributed by atoms with van der Waals surface area (Å²) in [5.74, 6) is 1.35. The number of nitrogens with zero attached hydrogens (tertiary/aromatic N) is 8. The lowest BCUT2D eigenvalue weighted by atomic mass is 10.1. The summed E-state index contributed by atoms with van der Waals surface area (Å²) in [6.45, 7) is 32.0. The van der Waals surface area contributed by atoms with Crippen LogP contribution in [0.1, 0.15) is 111 Å². The number of hydrogen-bond donors (Lipinski definition) is 2. The van der Waals surface area contributed by atoms with Crippen molar-refractivity contribution in [3.63, 3.8) is 0 Å². The highest BCUT2D eigenvalue weighted by Crippen LogP contribution is 2.29. The minimum Gasteiger partial charge on any atom is -0.355 e. The molecule has 0 aliphatic carbocycles. The molecule has 0 saturated heterocycles. The monoisotopic (exact) mass is 994 g/mol. The van der Waals surface area contributed by atoms with E-state index in [-0.39, 0.29) is 0 Å². The molecule has 0 aliphatic rings. The summed E-state index contributed by atoms with van der Waals surface area (Å²) in [5.41, 5.74) is 5.90. The summed E-state index contributed by atoms with van der Waals surface area (Å²) in [6.07, 6.45) is 0. The van der Waals surface area contributed by atoms with Crippen LogP contribution in [0.2, 0.25) is 0 Å². The maximum atomic E-state index is 4.25. The molecule has 56 heavy (non-hydrogen) atoms. The van der Waals surface area contributed by atoms with Gasteiger partial charge in [-0.3, -0.25) is 0 Å². The van der Waals surface area contributed by atoms with E-state index in [0.29, 0.717) is 5.82 Å². The zero-order chi connectivity index (χ0) is 43.9. The second kappa shape index (κ2) is 40.7. The first-order valence-electron chi connectivity index (χ1n) is 20.2. The molecule has 0 atom stereocenters. The van der Waals surface area contributed by atoms with Crippen LogP contribution in [0, 0.1) is 7.14 Å². The molecule has 0 radical (unpaired) electrons. The SMILES string of the molecule is CC.CC.CC.CC.CC.CC.CC.CC.Cn1nnc(-c2ccccc2Nc2ccc(I)cc2)n1.Cn1nnnc1-c1ccccc1Nc1ccc(I)cc1. The number of aromatic nitrogens is 8. The Kier molecular flexibility index (Phi) is 42.8. The highest BCUT2D eigenvalue weighted by molar-refractivity contribution is 14.1. The van der Waals surface area contributed by atoms with Crippen LogP contribution in [0.25, 0.3) is 22.8 Å². The maximum absolute atomic E-state index is 4.25. The van der Waals surface area contributed by atoms with E-state index in [2.05, 4.69) is 111 Å². The highest BCUT2D eigenvalue weighted by atomic mass is 127. The third-order valence-electron chi connectivity index (χ3n) is 5.71. The fourth-order valence-corrected chi connectivity index (χ4v) is 4.52. The van der Waals surface area contributed by atoms with Gasteiger partial charge in [0.25, 0.3) is 0 Å². The van der Waals surface area contributed by atoms with Crippen LogP contribution in [0.4, 0.5) is 22.7 Å². The van der Waals surface area contributed by atoms with E-state index in [4.69, 9.17) is 0 Å². The molecule has 2 N–H and O–H groups in total. The lowest BCUT2D eigenvalue weighted by molar-refractivity contribution is 0.630. The van der Waals surface area contributed by atoms with Crippen LogP contribution in [0.3, 0.4) is 0 Å². The largest absolute Gasteiger partial charge is 0.355 e. The van der Waals surface area contributed by atoms with E-state index in [9.17, 15) is 0 Å². The number of rotatable bonds is 6. The van der Waals surface area contributed by atoms with E-state index in [1.165, 1.54) is 11.9 Å². The molecule has 12 heteroatoms. The zero-order valence-corrected chi connectivity index (χ0v) is 41.9. The number of tetrazole rings is 2. The van der Waals surface area contributed by atoms with Crippen molar-refractivity contribution in [1.82, 2.24) is 40.4 Å².